The zero-order chi connectivity index (χ0) is 13.4. The summed E-state index contributed by atoms with van der Waals surface area (Å²) in [5.41, 5.74) is 1.15. The number of aryl methyl sites for hydroxylation is 1. The number of nitrogens with zero attached hydrogens (tertiary/aromatic N) is 1. The van der Waals surface area contributed by atoms with Gasteiger partial charge in [-0.1, -0.05) is 35.0 Å². The summed E-state index contributed by atoms with van der Waals surface area (Å²) in [5, 5.41) is 8.93. The predicted octanol–water partition coefficient (Wildman–Crippen LogP) is 2.61. The van der Waals surface area contributed by atoms with Gasteiger partial charge in [-0.3, -0.25) is 4.79 Å². The molecule has 1 N–H and O–H groups in total. The summed E-state index contributed by atoms with van der Waals surface area (Å²) in [4.78, 5) is 13.7. The van der Waals surface area contributed by atoms with Crippen LogP contribution in [0.15, 0.2) is 28.7 Å². The molecule has 0 aliphatic rings. The maximum Gasteiger partial charge on any atom is 0.222 e. The van der Waals surface area contributed by atoms with Crippen molar-refractivity contribution in [2.45, 2.75) is 26.2 Å². The minimum atomic E-state index is 0.0304. The average Bonchev–Trinajstić information content (AvgIpc) is 2.36. The largest absolute Gasteiger partial charge is 0.395 e. The molecule has 1 aromatic rings. The summed E-state index contributed by atoms with van der Waals surface area (Å²) >= 11 is 3.42. The van der Waals surface area contributed by atoms with Crippen LogP contribution in [0.2, 0.25) is 0 Å². The van der Waals surface area contributed by atoms with Crippen LogP contribution in [-0.4, -0.2) is 35.6 Å². The van der Waals surface area contributed by atoms with E-state index in [1.165, 1.54) is 0 Å². The monoisotopic (exact) mass is 313 g/mol. The van der Waals surface area contributed by atoms with Crippen molar-refractivity contribution in [3.63, 3.8) is 0 Å². The van der Waals surface area contributed by atoms with Gasteiger partial charge in [0, 0.05) is 24.0 Å². The number of carbonyl (C=O) groups excluding carboxylic acids is 1. The van der Waals surface area contributed by atoms with Crippen LogP contribution in [0.1, 0.15) is 25.3 Å². The van der Waals surface area contributed by atoms with Crippen molar-refractivity contribution in [3.8, 4) is 0 Å². The van der Waals surface area contributed by atoms with Gasteiger partial charge in [0.1, 0.15) is 0 Å². The fourth-order valence-electron chi connectivity index (χ4n) is 1.85. The van der Waals surface area contributed by atoms with E-state index in [-0.39, 0.29) is 12.5 Å². The van der Waals surface area contributed by atoms with E-state index in [0.717, 1.165) is 29.4 Å². The highest BCUT2D eigenvalue weighted by atomic mass is 79.9. The predicted molar refractivity (Wildman–Crippen MR) is 76.4 cm³/mol. The van der Waals surface area contributed by atoms with Crippen molar-refractivity contribution in [2.24, 2.45) is 0 Å². The maximum absolute atomic E-state index is 12.0. The summed E-state index contributed by atoms with van der Waals surface area (Å²) in [5.74, 6) is 0.117. The van der Waals surface area contributed by atoms with E-state index in [2.05, 4.69) is 15.9 Å². The minimum absolute atomic E-state index is 0.0304. The SMILES string of the molecule is CCCN(CCO)C(=O)CCc1cccc(Br)c1. The van der Waals surface area contributed by atoms with Crippen molar-refractivity contribution in [3.05, 3.63) is 34.3 Å². The van der Waals surface area contributed by atoms with Crippen LogP contribution in [0.3, 0.4) is 0 Å². The smallest absolute Gasteiger partial charge is 0.222 e. The molecule has 0 atom stereocenters. The van der Waals surface area contributed by atoms with E-state index < -0.39 is 0 Å². The average molecular weight is 314 g/mol. The fraction of sp³-hybridized carbons (Fsp3) is 0.500. The number of hydrogen-bond acceptors (Lipinski definition) is 2. The number of rotatable bonds is 7. The Balaban J connectivity index is 2.48. The van der Waals surface area contributed by atoms with Gasteiger partial charge in [0.05, 0.1) is 6.61 Å². The molecule has 0 saturated carbocycles. The van der Waals surface area contributed by atoms with Gasteiger partial charge in [-0.15, -0.1) is 0 Å². The van der Waals surface area contributed by atoms with Crippen LogP contribution in [0.5, 0.6) is 0 Å². The Hall–Kier alpha value is -0.870. The van der Waals surface area contributed by atoms with Gasteiger partial charge < -0.3 is 10.0 Å². The second-order valence-electron chi connectivity index (χ2n) is 4.23. The van der Waals surface area contributed by atoms with E-state index in [4.69, 9.17) is 5.11 Å². The second-order valence-corrected chi connectivity index (χ2v) is 5.15. The molecule has 0 heterocycles. The number of halogens is 1. The molecule has 4 heteroatoms. The highest BCUT2D eigenvalue weighted by Gasteiger charge is 2.11. The number of hydrogen-bond donors (Lipinski definition) is 1. The zero-order valence-electron chi connectivity index (χ0n) is 10.7. The van der Waals surface area contributed by atoms with Gasteiger partial charge in [0.15, 0.2) is 0 Å². The molecule has 1 amide bonds. The topological polar surface area (TPSA) is 40.5 Å². The Morgan fingerprint density at radius 3 is 2.78 bits per heavy atom. The van der Waals surface area contributed by atoms with Gasteiger partial charge in [0.25, 0.3) is 0 Å². The minimum Gasteiger partial charge on any atom is -0.395 e. The summed E-state index contributed by atoms with van der Waals surface area (Å²) in [7, 11) is 0. The molecular formula is C14H20BrNO2. The zero-order valence-corrected chi connectivity index (χ0v) is 12.3. The molecule has 1 rings (SSSR count). The van der Waals surface area contributed by atoms with Crippen LogP contribution in [-0.2, 0) is 11.2 Å². The molecule has 3 nitrogen and oxygen atoms in total. The number of benzene rings is 1. The number of amides is 1. The first-order valence-corrected chi connectivity index (χ1v) is 7.09. The first-order valence-electron chi connectivity index (χ1n) is 6.30. The highest BCUT2D eigenvalue weighted by molar-refractivity contribution is 9.10. The van der Waals surface area contributed by atoms with Crippen LogP contribution in [0.25, 0.3) is 0 Å². The summed E-state index contributed by atoms with van der Waals surface area (Å²) in [6.07, 6.45) is 2.16. The lowest BCUT2D eigenvalue weighted by atomic mass is 10.1. The van der Waals surface area contributed by atoms with Gasteiger partial charge in [-0.25, -0.2) is 0 Å². The number of aliphatic hydroxyl groups excluding tert-OH is 1. The van der Waals surface area contributed by atoms with E-state index in [1.54, 1.807) is 4.90 Å². The van der Waals surface area contributed by atoms with Crippen molar-refractivity contribution in [2.75, 3.05) is 19.7 Å². The quantitative estimate of drug-likeness (QED) is 0.840. The number of carbonyl (C=O) groups is 1. The molecular weight excluding hydrogens is 294 g/mol. The molecule has 18 heavy (non-hydrogen) atoms. The van der Waals surface area contributed by atoms with Gasteiger partial charge in [0.2, 0.25) is 5.91 Å². The molecule has 100 valence electrons. The third kappa shape index (κ3) is 5.19. The van der Waals surface area contributed by atoms with E-state index in [1.807, 2.05) is 31.2 Å². The standard InChI is InChI=1S/C14H20BrNO2/c1-2-8-16(9-10-17)14(18)7-6-12-4-3-5-13(15)11-12/h3-5,11,17H,2,6-10H2,1H3. The Morgan fingerprint density at radius 2 is 2.17 bits per heavy atom. The molecule has 0 fully saturated rings. The molecule has 0 radical (unpaired) electrons. The van der Waals surface area contributed by atoms with Crippen molar-refractivity contribution in [1.29, 1.82) is 0 Å². The lowest BCUT2D eigenvalue weighted by Crippen LogP contribution is -2.34. The van der Waals surface area contributed by atoms with Crippen LogP contribution in [0.4, 0.5) is 0 Å². The van der Waals surface area contributed by atoms with Gasteiger partial charge in [-0.05, 0) is 30.5 Å². The lowest BCUT2D eigenvalue weighted by Gasteiger charge is -2.21. The normalized spacial score (nSPS) is 10.4. The molecule has 0 aromatic heterocycles. The molecule has 1 aromatic carbocycles. The Bertz CT molecular complexity index is 376. The maximum atomic E-state index is 12.0. The van der Waals surface area contributed by atoms with Crippen LogP contribution in [0, 0.1) is 0 Å². The first kappa shape index (κ1) is 15.2. The van der Waals surface area contributed by atoms with Gasteiger partial charge in [-0.2, -0.15) is 0 Å². The Morgan fingerprint density at radius 1 is 1.39 bits per heavy atom. The highest BCUT2D eigenvalue weighted by Crippen LogP contribution is 2.13. The molecule has 0 bridgehead atoms. The van der Waals surface area contributed by atoms with E-state index >= 15 is 0 Å². The second kappa shape index (κ2) is 8.27. The molecule has 0 unspecified atom stereocenters. The summed E-state index contributed by atoms with van der Waals surface area (Å²) < 4.78 is 1.04. The Labute approximate surface area is 117 Å². The van der Waals surface area contributed by atoms with Gasteiger partial charge >= 0.3 is 0 Å². The van der Waals surface area contributed by atoms with Crippen LogP contribution >= 0.6 is 15.9 Å². The molecule has 0 spiro atoms. The third-order valence-electron chi connectivity index (χ3n) is 2.73. The summed E-state index contributed by atoms with van der Waals surface area (Å²) in [6, 6.07) is 8.00. The van der Waals surface area contributed by atoms with E-state index in [9.17, 15) is 4.79 Å². The number of aliphatic hydroxyl groups is 1. The van der Waals surface area contributed by atoms with E-state index in [0.29, 0.717) is 13.0 Å². The van der Waals surface area contributed by atoms with Crippen molar-refractivity contribution < 1.29 is 9.90 Å². The van der Waals surface area contributed by atoms with Crippen molar-refractivity contribution >= 4 is 21.8 Å². The Kier molecular flexibility index (Phi) is 6.98. The fourth-order valence-corrected chi connectivity index (χ4v) is 2.30. The molecule has 0 aliphatic carbocycles. The molecule has 0 saturated heterocycles. The third-order valence-corrected chi connectivity index (χ3v) is 3.23. The van der Waals surface area contributed by atoms with Crippen LogP contribution < -0.4 is 0 Å². The van der Waals surface area contributed by atoms with Crippen molar-refractivity contribution in [1.82, 2.24) is 4.90 Å². The summed E-state index contributed by atoms with van der Waals surface area (Å²) in [6.45, 7) is 3.22. The first-order chi connectivity index (χ1) is 8.67. The lowest BCUT2D eigenvalue weighted by molar-refractivity contribution is -0.131. The molecule has 0 aliphatic heterocycles.